The highest BCUT2D eigenvalue weighted by atomic mass is 16.7. The van der Waals surface area contributed by atoms with Crippen molar-refractivity contribution in [1.82, 2.24) is 14.8 Å². The molecule has 1 N–H and O–H groups in total. The van der Waals surface area contributed by atoms with Crippen LogP contribution in [0.1, 0.15) is 30.6 Å². The summed E-state index contributed by atoms with van der Waals surface area (Å²) in [7, 11) is 1.69. The van der Waals surface area contributed by atoms with E-state index in [4.69, 9.17) is 9.47 Å². The fourth-order valence-electron chi connectivity index (χ4n) is 4.81. The number of carbonyl (C=O) groups excluding carboxylic acids is 2. The molecule has 31 heavy (non-hydrogen) atoms. The minimum absolute atomic E-state index is 0.0439. The zero-order chi connectivity index (χ0) is 21.7. The fraction of sp³-hybridized carbons (Fsp3) is 0.333. The van der Waals surface area contributed by atoms with E-state index in [-0.39, 0.29) is 25.2 Å². The number of H-pyrrole nitrogens is 1. The molecule has 0 saturated carbocycles. The number of hydrogen-bond donors (Lipinski definition) is 1. The Balaban J connectivity index is 1.73. The Morgan fingerprint density at radius 1 is 1.23 bits per heavy atom. The third-order valence-electron chi connectivity index (χ3n) is 6.26. The second-order valence-corrected chi connectivity index (χ2v) is 8.21. The molecular formula is C24H25N3O4. The summed E-state index contributed by atoms with van der Waals surface area (Å²) < 4.78 is 11.2. The lowest BCUT2D eigenvalue weighted by molar-refractivity contribution is -0.157. The predicted molar refractivity (Wildman–Crippen MR) is 115 cm³/mol. The molecule has 1 aliphatic carbocycles. The topological polar surface area (TPSA) is 74.9 Å². The molecule has 160 valence electrons. The number of ether oxygens (including phenoxy) is 2. The smallest absolute Gasteiger partial charge is 0.245 e. The number of likely N-dealkylation sites (N-methyl/N-ethyl adjacent to an activating group) is 1. The number of aromatic nitrogens is 1. The Hall–Kier alpha value is -3.48. The van der Waals surface area contributed by atoms with Gasteiger partial charge in [0.1, 0.15) is 17.6 Å². The quantitative estimate of drug-likeness (QED) is 0.781. The standard InChI is InChI=1S/C24H25N3O4/c1-4-5-6-18-14(2)25-22-19(18)11-20-24(29)26(3)12-21(28)27(20)23(22)15-7-8-16-10-17(9-15)31-13-30-16/h4-9,20,23,25H,2,10-13H2,1,3H3/b5-4-,18-6+/t20-,23-/m1/s1. The first kappa shape index (κ1) is 19.5. The molecule has 4 heterocycles. The van der Waals surface area contributed by atoms with Gasteiger partial charge in [-0.15, -0.1) is 0 Å². The number of carbonyl (C=O) groups is 2. The molecule has 7 nitrogen and oxygen atoms in total. The van der Waals surface area contributed by atoms with Crippen molar-refractivity contribution < 1.29 is 19.1 Å². The first-order valence-electron chi connectivity index (χ1n) is 10.4. The average Bonchev–Trinajstić information content (AvgIpc) is 2.98. The van der Waals surface area contributed by atoms with Crippen molar-refractivity contribution in [2.75, 3.05) is 20.4 Å². The zero-order valence-corrected chi connectivity index (χ0v) is 17.7. The van der Waals surface area contributed by atoms with Crippen molar-refractivity contribution in [3.63, 3.8) is 0 Å². The molecule has 2 saturated heterocycles. The Morgan fingerprint density at radius 3 is 2.84 bits per heavy atom. The molecular weight excluding hydrogens is 394 g/mol. The van der Waals surface area contributed by atoms with Crippen LogP contribution in [0, 0.1) is 0 Å². The number of fused-ring (bicyclic) bond motifs is 4. The normalized spacial score (nSPS) is 25.9. The lowest BCUT2D eigenvalue weighted by Crippen LogP contribution is -2.62. The van der Waals surface area contributed by atoms with Crippen molar-refractivity contribution in [2.24, 2.45) is 0 Å². The summed E-state index contributed by atoms with van der Waals surface area (Å²) >= 11 is 0. The van der Waals surface area contributed by atoms with E-state index < -0.39 is 12.1 Å². The maximum Gasteiger partial charge on any atom is 0.245 e. The molecule has 1 aromatic heterocycles. The van der Waals surface area contributed by atoms with Gasteiger partial charge in [-0.3, -0.25) is 9.59 Å². The molecule has 2 bridgehead atoms. The number of amides is 2. The molecule has 0 unspecified atom stereocenters. The van der Waals surface area contributed by atoms with Gasteiger partial charge in [0.2, 0.25) is 18.6 Å². The van der Waals surface area contributed by atoms with Gasteiger partial charge in [0.05, 0.1) is 19.0 Å². The Bertz CT molecular complexity index is 1200. The molecule has 0 spiro atoms. The molecule has 1 aromatic rings. The van der Waals surface area contributed by atoms with Gasteiger partial charge in [0, 0.05) is 29.7 Å². The lowest BCUT2D eigenvalue weighted by atomic mass is 9.86. The van der Waals surface area contributed by atoms with Gasteiger partial charge < -0.3 is 24.3 Å². The first-order valence-corrected chi connectivity index (χ1v) is 10.4. The van der Waals surface area contributed by atoms with Gasteiger partial charge in [-0.05, 0) is 30.2 Å². The molecule has 0 radical (unpaired) electrons. The van der Waals surface area contributed by atoms with E-state index in [1.54, 1.807) is 11.9 Å². The summed E-state index contributed by atoms with van der Waals surface area (Å²) in [6, 6.07) is -0.983. The van der Waals surface area contributed by atoms with Gasteiger partial charge in [-0.25, -0.2) is 0 Å². The number of piperazine rings is 1. The molecule has 0 aromatic carbocycles. The van der Waals surface area contributed by atoms with Gasteiger partial charge in [0.25, 0.3) is 0 Å². The van der Waals surface area contributed by atoms with Gasteiger partial charge in [-0.1, -0.05) is 30.9 Å². The van der Waals surface area contributed by atoms with Crippen LogP contribution in [-0.2, 0) is 25.5 Å². The number of nitrogens with zero attached hydrogens (tertiary/aromatic N) is 2. The van der Waals surface area contributed by atoms with Gasteiger partial charge in [-0.2, -0.15) is 0 Å². The molecule has 7 heteroatoms. The molecule has 2 fully saturated rings. The SMILES string of the molecule is C=c1[nH]c2c(/c1=C/C=C\C)C[C@@H]1C(=O)N(C)CC(=O)N1[C@@H]2C1=CC=C2CC(=C1)OCO2. The summed E-state index contributed by atoms with van der Waals surface area (Å²) in [5.41, 5.74) is 2.81. The van der Waals surface area contributed by atoms with Crippen LogP contribution in [-0.4, -0.2) is 53.0 Å². The van der Waals surface area contributed by atoms with Gasteiger partial charge >= 0.3 is 0 Å². The predicted octanol–water partition coefficient (Wildman–Crippen LogP) is 1.15. The Morgan fingerprint density at radius 2 is 2.03 bits per heavy atom. The Labute approximate surface area is 180 Å². The molecule has 5 rings (SSSR count). The number of hydrogen-bond acceptors (Lipinski definition) is 4. The number of allylic oxidation sites excluding steroid dienone is 4. The van der Waals surface area contributed by atoms with E-state index in [0.717, 1.165) is 38.9 Å². The van der Waals surface area contributed by atoms with Crippen molar-refractivity contribution in [2.45, 2.75) is 31.8 Å². The molecule has 4 aliphatic rings. The van der Waals surface area contributed by atoms with Gasteiger partial charge in [0.15, 0.2) is 0 Å². The zero-order valence-electron chi connectivity index (χ0n) is 17.7. The van der Waals surface area contributed by atoms with E-state index in [9.17, 15) is 9.59 Å². The fourth-order valence-corrected chi connectivity index (χ4v) is 4.81. The summed E-state index contributed by atoms with van der Waals surface area (Å²) in [6.45, 7) is 6.39. The van der Waals surface area contributed by atoms with Crippen LogP contribution >= 0.6 is 0 Å². The average molecular weight is 419 g/mol. The first-order chi connectivity index (χ1) is 15.0. The second kappa shape index (κ2) is 7.34. The van der Waals surface area contributed by atoms with E-state index in [0.29, 0.717) is 12.8 Å². The van der Waals surface area contributed by atoms with Crippen LogP contribution in [0.25, 0.3) is 12.7 Å². The number of nitrogens with one attached hydrogen (secondary N) is 1. The minimum Gasteiger partial charge on any atom is -0.461 e. The monoisotopic (exact) mass is 419 g/mol. The van der Waals surface area contributed by atoms with Crippen LogP contribution in [0.2, 0.25) is 0 Å². The largest absolute Gasteiger partial charge is 0.461 e. The van der Waals surface area contributed by atoms with Crippen molar-refractivity contribution in [3.05, 3.63) is 69.3 Å². The molecule has 3 aliphatic heterocycles. The second-order valence-electron chi connectivity index (χ2n) is 8.21. The van der Waals surface area contributed by atoms with Crippen LogP contribution in [0.5, 0.6) is 0 Å². The van der Waals surface area contributed by atoms with E-state index >= 15 is 0 Å². The third-order valence-corrected chi connectivity index (χ3v) is 6.26. The maximum atomic E-state index is 13.2. The van der Waals surface area contributed by atoms with Crippen molar-refractivity contribution >= 4 is 24.5 Å². The summed E-state index contributed by atoms with van der Waals surface area (Å²) in [5.74, 6) is 1.50. The van der Waals surface area contributed by atoms with E-state index in [2.05, 4.69) is 11.6 Å². The van der Waals surface area contributed by atoms with Crippen LogP contribution < -0.4 is 10.6 Å². The molecule has 2 amide bonds. The Kier molecular flexibility index (Phi) is 4.61. The highest BCUT2D eigenvalue weighted by Crippen LogP contribution is 2.40. The number of rotatable bonds is 2. The molecule has 2 atom stereocenters. The summed E-state index contributed by atoms with van der Waals surface area (Å²) in [4.78, 5) is 33.0. The van der Waals surface area contributed by atoms with Crippen molar-refractivity contribution in [3.8, 4) is 0 Å². The van der Waals surface area contributed by atoms with Crippen molar-refractivity contribution in [1.29, 1.82) is 0 Å². The van der Waals surface area contributed by atoms with Crippen LogP contribution in [0.3, 0.4) is 0 Å². The van der Waals surface area contributed by atoms with Crippen LogP contribution in [0.4, 0.5) is 0 Å². The van der Waals surface area contributed by atoms with Crippen LogP contribution in [0.15, 0.2) is 47.5 Å². The van der Waals surface area contributed by atoms with E-state index in [1.807, 2.05) is 43.4 Å². The van der Waals surface area contributed by atoms with E-state index in [1.165, 1.54) is 4.90 Å². The highest BCUT2D eigenvalue weighted by molar-refractivity contribution is 5.96. The highest BCUT2D eigenvalue weighted by Gasteiger charge is 2.47. The summed E-state index contributed by atoms with van der Waals surface area (Å²) in [5, 5.41) is 1.75. The summed E-state index contributed by atoms with van der Waals surface area (Å²) in [6.07, 6.45) is 12.8. The lowest BCUT2D eigenvalue weighted by Gasteiger charge is -2.46. The number of aromatic amines is 1. The minimum atomic E-state index is -0.552. The maximum absolute atomic E-state index is 13.2. The third kappa shape index (κ3) is 3.12.